The van der Waals surface area contributed by atoms with Crippen molar-refractivity contribution in [2.75, 3.05) is 5.32 Å². The summed E-state index contributed by atoms with van der Waals surface area (Å²) in [7, 11) is 2.88. The van der Waals surface area contributed by atoms with Crippen LogP contribution in [0, 0.1) is 0 Å². The van der Waals surface area contributed by atoms with E-state index < -0.39 is 11.2 Å². The molecular weight excluding hydrogens is 262 g/mol. The van der Waals surface area contributed by atoms with Crippen molar-refractivity contribution >= 4 is 23.3 Å². The van der Waals surface area contributed by atoms with Crippen LogP contribution < -0.4 is 16.6 Å². The zero-order valence-corrected chi connectivity index (χ0v) is 11.1. The SMILES string of the molecule is Cn1c(=O)c2nc(C=O)c(NC3CC3)nc2n(C)c1=O. The Kier molecular flexibility index (Phi) is 2.66. The van der Waals surface area contributed by atoms with Crippen LogP contribution in [0.1, 0.15) is 23.3 Å². The van der Waals surface area contributed by atoms with Crippen molar-refractivity contribution < 1.29 is 4.79 Å². The van der Waals surface area contributed by atoms with Gasteiger partial charge in [0.1, 0.15) is 5.69 Å². The number of aromatic nitrogens is 4. The average molecular weight is 275 g/mol. The zero-order chi connectivity index (χ0) is 14.4. The first-order chi connectivity index (χ1) is 9.52. The number of aryl methyl sites for hydroxylation is 1. The molecule has 1 aliphatic carbocycles. The van der Waals surface area contributed by atoms with Crippen LogP contribution in [0.2, 0.25) is 0 Å². The van der Waals surface area contributed by atoms with E-state index in [0.29, 0.717) is 12.1 Å². The van der Waals surface area contributed by atoms with Crippen molar-refractivity contribution in [1.29, 1.82) is 0 Å². The lowest BCUT2D eigenvalue weighted by atomic mass is 10.4. The molecule has 0 unspecified atom stereocenters. The van der Waals surface area contributed by atoms with Crippen molar-refractivity contribution in [3.8, 4) is 0 Å². The molecule has 0 aliphatic heterocycles. The summed E-state index contributed by atoms with van der Waals surface area (Å²) >= 11 is 0. The van der Waals surface area contributed by atoms with Crippen LogP contribution >= 0.6 is 0 Å². The lowest BCUT2D eigenvalue weighted by Crippen LogP contribution is -2.38. The van der Waals surface area contributed by atoms with Gasteiger partial charge in [0.15, 0.2) is 23.3 Å². The highest BCUT2D eigenvalue weighted by Crippen LogP contribution is 2.25. The number of nitrogens with zero attached hydrogens (tertiary/aromatic N) is 4. The van der Waals surface area contributed by atoms with Gasteiger partial charge in [-0.2, -0.15) is 0 Å². The van der Waals surface area contributed by atoms with Crippen molar-refractivity contribution in [2.45, 2.75) is 18.9 Å². The Balaban J connectivity index is 2.36. The largest absolute Gasteiger partial charge is 0.365 e. The first kappa shape index (κ1) is 12.5. The molecule has 0 radical (unpaired) electrons. The van der Waals surface area contributed by atoms with Gasteiger partial charge in [0.05, 0.1) is 0 Å². The quantitative estimate of drug-likeness (QED) is 0.752. The fraction of sp³-hybridized carbons (Fsp3) is 0.417. The molecule has 0 spiro atoms. The van der Waals surface area contributed by atoms with Crippen LogP contribution in [-0.4, -0.2) is 31.4 Å². The van der Waals surface area contributed by atoms with Gasteiger partial charge in [-0.05, 0) is 12.8 Å². The summed E-state index contributed by atoms with van der Waals surface area (Å²) in [6, 6.07) is 0.282. The first-order valence-corrected chi connectivity index (χ1v) is 6.22. The predicted molar refractivity (Wildman–Crippen MR) is 72.1 cm³/mol. The normalized spacial score (nSPS) is 14.5. The lowest BCUT2D eigenvalue weighted by Gasteiger charge is -2.10. The first-order valence-electron chi connectivity index (χ1n) is 6.22. The highest BCUT2D eigenvalue weighted by Gasteiger charge is 2.24. The molecule has 104 valence electrons. The molecule has 1 saturated carbocycles. The van der Waals surface area contributed by atoms with Crippen molar-refractivity contribution in [1.82, 2.24) is 19.1 Å². The van der Waals surface area contributed by atoms with Gasteiger partial charge in [-0.1, -0.05) is 0 Å². The second-order valence-electron chi connectivity index (χ2n) is 4.87. The number of hydrogen-bond acceptors (Lipinski definition) is 6. The van der Waals surface area contributed by atoms with Gasteiger partial charge in [-0.15, -0.1) is 0 Å². The van der Waals surface area contributed by atoms with E-state index >= 15 is 0 Å². The molecule has 0 atom stereocenters. The van der Waals surface area contributed by atoms with Crippen LogP contribution in [0.5, 0.6) is 0 Å². The smallest absolute Gasteiger partial charge is 0.332 e. The van der Waals surface area contributed by atoms with Gasteiger partial charge < -0.3 is 5.32 Å². The number of hydrogen-bond donors (Lipinski definition) is 1. The Morgan fingerprint density at radius 3 is 2.50 bits per heavy atom. The average Bonchev–Trinajstić information content (AvgIpc) is 3.26. The number of fused-ring (bicyclic) bond motifs is 1. The third-order valence-corrected chi connectivity index (χ3v) is 3.33. The van der Waals surface area contributed by atoms with Gasteiger partial charge in [0.2, 0.25) is 0 Å². The summed E-state index contributed by atoms with van der Waals surface area (Å²) in [5.74, 6) is 0.318. The fourth-order valence-corrected chi connectivity index (χ4v) is 1.99. The van der Waals surface area contributed by atoms with E-state index in [4.69, 9.17) is 0 Å². The second kappa shape index (κ2) is 4.26. The molecule has 20 heavy (non-hydrogen) atoms. The summed E-state index contributed by atoms with van der Waals surface area (Å²) < 4.78 is 2.19. The summed E-state index contributed by atoms with van der Waals surface area (Å²) in [5.41, 5.74) is -0.769. The summed E-state index contributed by atoms with van der Waals surface area (Å²) in [6.07, 6.45) is 2.57. The molecule has 1 fully saturated rings. The maximum absolute atomic E-state index is 12.0. The standard InChI is InChI=1S/C12H13N5O3/c1-16-10-8(11(19)17(2)12(16)20)14-7(5-18)9(15-10)13-6-3-4-6/h5-6H,3-4H2,1-2H3,(H,13,15). The molecule has 2 heterocycles. The second-order valence-corrected chi connectivity index (χ2v) is 4.87. The molecule has 1 aliphatic rings. The Bertz CT molecular complexity index is 832. The summed E-state index contributed by atoms with van der Waals surface area (Å²) in [6.45, 7) is 0. The van der Waals surface area contributed by atoms with Gasteiger partial charge >= 0.3 is 5.69 Å². The molecule has 0 bridgehead atoms. The lowest BCUT2D eigenvalue weighted by molar-refractivity contribution is 0.112. The third-order valence-electron chi connectivity index (χ3n) is 3.33. The highest BCUT2D eigenvalue weighted by atomic mass is 16.2. The Labute approximate surface area is 113 Å². The number of aldehydes is 1. The van der Waals surface area contributed by atoms with Crippen LogP contribution in [0.15, 0.2) is 9.59 Å². The predicted octanol–water partition coefficient (Wildman–Crippen LogP) is -0.586. The topological polar surface area (TPSA) is 98.9 Å². The van der Waals surface area contributed by atoms with Gasteiger partial charge in [0.25, 0.3) is 5.56 Å². The van der Waals surface area contributed by atoms with E-state index in [1.165, 1.54) is 18.7 Å². The minimum atomic E-state index is -0.559. The van der Waals surface area contributed by atoms with E-state index in [9.17, 15) is 14.4 Å². The molecule has 1 N–H and O–H groups in total. The maximum atomic E-state index is 12.0. The van der Waals surface area contributed by atoms with E-state index in [0.717, 1.165) is 17.4 Å². The number of rotatable bonds is 3. The molecule has 2 aromatic rings. The minimum Gasteiger partial charge on any atom is -0.365 e. The van der Waals surface area contributed by atoms with Crippen LogP contribution in [0.3, 0.4) is 0 Å². The Morgan fingerprint density at radius 1 is 1.20 bits per heavy atom. The minimum absolute atomic E-state index is 0.0121. The fourth-order valence-electron chi connectivity index (χ4n) is 1.99. The molecule has 0 saturated heterocycles. The molecule has 8 nitrogen and oxygen atoms in total. The van der Waals surface area contributed by atoms with E-state index in [1.54, 1.807) is 0 Å². The van der Waals surface area contributed by atoms with Crippen molar-refractivity contribution in [2.24, 2.45) is 14.1 Å². The van der Waals surface area contributed by atoms with E-state index in [1.807, 2.05) is 0 Å². The molecule has 3 rings (SSSR count). The van der Waals surface area contributed by atoms with Crippen LogP contribution in [0.4, 0.5) is 5.82 Å². The molecular formula is C12H13N5O3. The number of carbonyl (C=O) groups excluding carboxylic acids is 1. The zero-order valence-electron chi connectivity index (χ0n) is 11.1. The monoisotopic (exact) mass is 275 g/mol. The van der Waals surface area contributed by atoms with Gasteiger partial charge in [0, 0.05) is 20.1 Å². The van der Waals surface area contributed by atoms with Crippen molar-refractivity contribution in [3.63, 3.8) is 0 Å². The van der Waals surface area contributed by atoms with Gasteiger partial charge in [-0.25, -0.2) is 14.8 Å². The number of carbonyl (C=O) groups is 1. The number of nitrogens with one attached hydrogen (secondary N) is 1. The van der Waals surface area contributed by atoms with E-state index in [-0.39, 0.29) is 22.9 Å². The Hall–Kier alpha value is -2.51. The molecule has 0 amide bonds. The van der Waals surface area contributed by atoms with E-state index in [2.05, 4.69) is 15.3 Å². The third kappa shape index (κ3) is 1.80. The molecule has 8 heteroatoms. The molecule has 0 aromatic carbocycles. The maximum Gasteiger partial charge on any atom is 0.332 e. The highest BCUT2D eigenvalue weighted by molar-refractivity contribution is 5.84. The van der Waals surface area contributed by atoms with Crippen LogP contribution in [-0.2, 0) is 14.1 Å². The van der Waals surface area contributed by atoms with Crippen LogP contribution in [0.25, 0.3) is 11.2 Å². The van der Waals surface area contributed by atoms with Gasteiger partial charge in [-0.3, -0.25) is 18.7 Å². The summed E-state index contributed by atoms with van der Waals surface area (Å²) in [4.78, 5) is 43.3. The number of anilines is 1. The summed E-state index contributed by atoms with van der Waals surface area (Å²) in [5, 5.41) is 3.08. The van der Waals surface area contributed by atoms with Crippen molar-refractivity contribution in [3.05, 3.63) is 26.5 Å². The molecule has 2 aromatic heterocycles. The Morgan fingerprint density at radius 2 is 1.90 bits per heavy atom.